The van der Waals surface area contributed by atoms with Gasteiger partial charge in [0.25, 0.3) is 0 Å². The number of H-pyrrole nitrogens is 2. The molecule has 1 aromatic carbocycles. The van der Waals surface area contributed by atoms with Gasteiger partial charge in [0, 0.05) is 0 Å². The number of para-hydroxylation sites is 2. The number of hydrogen-bond acceptors (Lipinski definition) is 2. The molecule has 5 nitrogen and oxygen atoms in total. The minimum absolute atomic E-state index is 0.0439. The third-order valence-corrected chi connectivity index (χ3v) is 2.39. The highest BCUT2D eigenvalue weighted by molar-refractivity contribution is 5.76. The maximum absolute atomic E-state index is 13.4. The lowest BCUT2D eigenvalue weighted by Crippen LogP contribution is -2.15. The van der Waals surface area contributed by atoms with Crippen molar-refractivity contribution < 1.29 is 4.39 Å². The molecule has 2 aromatic heterocycles. The number of aromatic amines is 2. The van der Waals surface area contributed by atoms with Crippen molar-refractivity contribution in [3.05, 3.63) is 46.8 Å². The van der Waals surface area contributed by atoms with E-state index in [1.54, 1.807) is 24.3 Å². The van der Waals surface area contributed by atoms with Crippen LogP contribution in [0.3, 0.4) is 0 Å². The second-order valence-electron chi connectivity index (χ2n) is 3.35. The van der Waals surface area contributed by atoms with E-state index in [0.29, 0.717) is 11.0 Å². The van der Waals surface area contributed by atoms with E-state index in [0.717, 1.165) is 6.20 Å². The van der Waals surface area contributed by atoms with Crippen molar-refractivity contribution in [3.8, 4) is 5.82 Å². The van der Waals surface area contributed by atoms with E-state index in [9.17, 15) is 9.18 Å². The molecule has 0 fully saturated rings. The lowest BCUT2D eigenvalue weighted by Gasteiger charge is -1.98. The van der Waals surface area contributed by atoms with Crippen molar-refractivity contribution in [2.75, 3.05) is 0 Å². The average molecular weight is 218 g/mol. The second-order valence-corrected chi connectivity index (χ2v) is 3.35. The molecule has 0 amide bonds. The van der Waals surface area contributed by atoms with E-state index >= 15 is 0 Å². The molecular formula is C10H7FN4O. The third kappa shape index (κ3) is 1.10. The summed E-state index contributed by atoms with van der Waals surface area (Å²) in [6.45, 7) is 0. The molecule has 2 N–H and O–H groups in total. The topological polar surface area (TPSA) is 66.5 Å². The summed E-state index contributed by atoms with van der Waals surface area (Å²) in [6, 6.07) is 7.06. The Hall–Kier alpha value is -2.37. The molecule has 0 unspecified atom stereocenters. The van der Waals surface area contributed by atoms with Gasteiger partial charge in [0.05, 0.1) is 17.2 Å². The summed E-state index contributed by atoms with van der Waals surface area (Å²) in [4.78, 5) is 14.3. The number of halogens is 1. The summed E-state index contributed by atoms with van der Waals surface area (Å²) in [6.07, 6.45) is 1.03. The van der Waals surface area contributed by atoms with E-state index in [1.165, 1.54) is 4.57 Å². The van der Waals surface area contributed by atoms with Crippen LogP contribution in [0.5, 0.6) is 0 Å². The van der Waals surface area contributed by atoms with E-state index in [-0.39, 0.29) is 5.82 Å². The molecule has 16 heavy (non-hydrogen) atoms. The molecule has 3 rings (SSSR count). The predicted molar refractivity (Wildman–Crippen MR) is 56.0 cm³/mol. The van der Waals surface area contributed by atoms with Gasteiger partial charge in [0.1, 0.15) is 0 Å². The Morgan fingerprint density at radius 2 is 2.12 bits per heavy atom. The fourth-order valence-corrected chi connectivity index (χ4v) is 1.70. The molecule has 6 heteroatoms. The fraction of sp³-hybridized carbons (Fsp3) is 0. The largest absolute Gasteiger partial charge is 0.332 e. The zero-order chi connectivity index (χ0) is 11.1. The molecule has 0 atom stereocenters. The van der Waals surface area contributed by atoms with Crippen molar-refractivity contribution in [2.24, 2.45) is 0 Å². The Morgan fingerprint density at radius 1 is 1.31 bits per heavy atom. The van der Waals surface area contributed by atoms with Gasteiger partial charge in [0.15, 0.2) is 11.6 Å². The molecule has 0 saturated carbocycles. The van der Waals surface area contributed by atoms with Gasteiger partial charge < -0.3 is 4.98 Å². The summed E-state index contributed by atoms with van der Waals surface area (Å²) in [5.74, 6) is -0.519. The number of aromatic nitrogens is 4. The van der Waals surface area contributed by atoms with Crippen LogP contribution in [-0.2, 0) is 0 Å². The first-order valence-corrected chi connectivity index (χ1v) is 4.66. The quantitative estimate of drug-likeness (QED) is 0.644. The Kier molecular flexibility index (Phi) is 1.70. The molecular weight excluding hydrogens is 211 g/mol. The van der Waals surface area contributed by atoms with Crippen LogP contribution in [-0.4, -0.2) is 19.7 Å². The number of nitrogens with zero attached hydrogens (tertiary/aromatic N) is 2. The van der Waals surface area contributed by atoms with Gasteiger partial charge in [0.2, 0.25) is 0 Å². The first-order chi connectivity index (χ1) is 7.77. The van der Waals surface area contributed by atoms with Gasteiger partial charge in [-0.05, 0) is 12.1 Å². The number of hydrogen-bond donors (Lipinski definition) is 2. The number of fused-ring (bicyclic) bond motifs is 1. The molecule has 0 radical (unpaired) electrons. The highest BCUT2D eigenvalue weighted by Gasteiger charge is 2.13. The Labute approximate surface area is 88.5 Å². The minimum atomic E-state index is -0.563. The van der Waals surface area contributed by atoms with E-state index in [1.807, 2.05) is 0 Å². The van der Waals surface area contributed by atoms with E-state index < -0.39 is 11.5 Å². The number of benzene rings is 1. The highest BCUT2D eigenvalue weighted by Crippen LogP contribution is 2.14. The van der Waals surface area contributed by atoms with Gasteiger partial charge in [-0.3, -0.25) is 5.10 Å². The van der Waals surface area contributed by atoms with E-state index in [2.05, 4.69) is 15.2 Å². The Bertz CT molecular complexity index is 709. The number of imidazole rings is 1. The molecule has 0 spiro atoms. The Balaban J connectivity index is 2.44. The van der Waals surface area contributed by atoms with Crippen molar-refractivity contribution in [1.29, 1.82) is 0 Å². The molecule has 0 bridgehead atoms. The van der Waals surface area contributed by atoms with Crippen molar-refractivity contribution in [2.45, 2.75) is 0 Å². The summed E-state index contributed by atoms with van der Waals surface area (Å²) < 4.78 is 14.6. The molecule has 0 aliphatic rings. The normalized spacial score (nSPS) is 11.1. The second kappa shape index (κ2) is 3.06. The zero-order valence-corrected chi connectivity index (χ0v) is 8.07. The minimum Gasteiger partial charge on any atom is -0.305 e. The lowest BCUT2D eigenvalue weighted by molar-refractivity contribution is 0.618. The van der Waals surface area contributed by atoms with Crippen LogP contribution in [0.2, 0.25) is 0 Å². The van der Waals surface area contributed by atoms with Gasteiger partial charge in [-0.15, -0.1) is 0 Å². The summed E-state index contributed by atoms with van der Waals surface area (Å²) in [5, 5.41) is 6.01. The summed E-state index contributed by atoms with van der Waals surface area (Å²) in [7, 11) is 0. The van der Waals surface area contributed by atoms with E-state index in [4.69, 9.17) is 0 Å². The maximum Gasteiger partial charge on any atom is 0.332 e. The first kappa shape index (κ1) is 8.90. The maximum atomic E-state index is 13.4. The van der Waals surface area contributed by atoms with Crippen molar-refractivity contribution >= 4 is 11.0 Å². The number of rotatable bonds is 1. The Morgan fingerprint density at radius 3 is 2.88 bits per heavy atom. The lowest BCUT2D eigenvalue weighted by atomic mass is 10.3. The van der Waals surface area contributed by atoms with Crippen molar-refractivity contribution in [1.82, 2.24) is 19.7 Å². The third-order valence-electron chi connectivity index (χ3n) is 2.39. The SMILES string of the molecule is O=c1[nH]c2ccccc2n1-c1[nH]ncc1F. The van der Waals surface area contributed by atoms with Gasteiger partial charge in [-0.25, -0.2) is 13.8 Å². The molecule has 2 heterocycles. The highest BCUT2D eigenvalue weighted by atomic mass is 19.1. The van der Waals surface area contributed by atoms with Crippen LogP contribution in [0, 0.1) is 5.82 Å². The van der Waals surface area contributed by atoms with Crippen LogP contribution in [0.1, 0.15) is 0 Å². The van der Waals surface area contributed by atoms with Gasteiger partial charge in [-0.2, -0.15) is 5.10 Å². The first-order valence-electron chi connectivity index (χ1n) is 4.66. The van der Waals surface area contributed by atoms with Gasteiger partial charge in [-0.1, -0.05) is 12.1 Å². The monoisotopic (exact) mass is 218 g/mol. The number of nitrogens with one attached hydrogen (secondary N) is 2. The predicted octanol–water partition coefficient (Wildman–Crippen LogP) is 1.18. The van der Waals surface area contributed by atoms with Crippen LogP contribution in [0.4, 0.5) is 4.39 Å². The summed E-state index contributed by atoms with van der Waals surface area (Å²) in [5.41, 5.74) is 0.863. The average Bonchev–Trinajstić information content (AvgIpc) is 2.81. The summed E-state index contributed by atoms with van der Waals surface area (Å²) >= 11 is 0. The molecule has 80 valence electrons. The van der Waals surface area contributed by atoms with Crippen LogP contribution < -0.4 is 5.69 Å². The smallest absolute Gasteiger partial charge is 0.305 e. The molecule has 0 aliphatic heterocycles. The zero-order valence-electron chi connectivity index (χ0n) is 8.07. The standard InChI is InChI=1S/C10H7FN4O/c11-6-5-12-14-9(6)15-8-4-2-1-3-7(8)13-10(15)16/h1-5H,(H,12,14)(H,13,16). The van der Waals surface area contributed by atoms with Gasteiger partial charge >= 0.3 is 5.69 Å². The van der Waals surface area contributed by atoms with Crippen LogP contribution >= 0.6 is 0 Å². The van der Waals surface area contributed by atoms with Crippen molar-refractivity contribution in [3.63, 3.8) is 0 Å². The molecule has 0 aliphatic carbocycles. The molecule has 0 saturated heterocycles. The van der Waals surface area contributed by atoms with Crippen LogP contribution in [0.15, 0.2) is 35.3 Å². The van der Waals surface area contributed by atoms with Crippen LogP contribution in [0.25, 0.3) is 16.9 Å². The fourth-order valence-electron chi connectivity index (χ4n) is 1.70. The molecule has 3 aromatic rings.